The molecule has 3 rings (SSSR count). The highest BCUT2D eigenvalue weighted by Crippen LogP contribution is 2.31. The van der Waals surface area contributed by atoms with Crippen LogP contribution in [0.4, 0.5) is 5.69 Å². The second-order valence-electron chi connectivity index (χ2n) is 7.67. The molecule has 0 bridgehead atoms. The lowest BCUT2D eigenvalue weighted by atomic mass is 10.1. The zero-order chi connectivity index (χ0) is 23.1. The van der Waals surface area contributed by atoms with E-state index in [0.29, 0.717) is 24.5 Å². The number of nitrogens with zero attached hydrogens (tertiary/aromatic N) is 2. The molecular formula is C25H28N2O4S. The van der Waals surface area contributed by atoms with Crippen molar-refractivity contribution in [2.24, 2.45) is 0 Å². The minimum atomic E-state index is -3.74. The summed E-state index contributed by atoms with van der Waals surface area (Å²) in [6.45, 7) is 2.29. The van der Waals surface area contributed by atoms with Crippen molar-refractivity contribution in [3.05, 3.63) is 95.6 Å². The molecule has 6 nitrogen and oxygen atoms in total. The average molecular weight is 453 g/mol. The summed E-state index contributed by atoms with van der Waals surface area (Å²) in [6, 6.07) is 24.6. The second-order valence-corrected chi connectivity index (χ2v) is 9.57. The van der Waals surface area contributed by atoms with Crippen LogP contribution in [-0.2, 0) is 27.9 Å². The number of hydrogen-bond acceptors (Lipinski definition) is 4. The fraction of sp³-hybridized carbons (Fsp3) is 0.240. The monoisotopic (exact) mass is 452 g/mol. The normalized spacial score (nSPS) is 11.1. The SMILES string of the molecule is COc1ccc(C)cc1N(CC(=O)N(Cc1ccccc1)Cc1ccccc1)S(C)(=O)=O. The molecule has 3 aromatic carbocycles. The molecule has 0 saturated carbocycles. The molecule has 0 aliphatic heterocycles. The van der Waals surface area contributed by atoms with Gasteiger partial charge in [0.05, 0.1) is 19.1 Å². The minimum Gasteiger partial charge on any atom is -0.495 e. The van der Waals surface area contributed by atoms with Crippen LogP contribution < -0.4 is 9.04 Å². The lowest BCUT2D eigenvalue weighted by Gasteiger charge is -2.29. The first-order valence-electron chi connectivity index (χ1n) is 10.3. The molecule has 168 valence electrons. The largest absolute Gasteiger partial charge is 0.495 e. The van der Waals surface area contributed by atoms with Crippen LogP contribution in [0, 0.1) is 6.92 Å². The van der Waals surface area contributed by atoms with Gasteiger partial charge in [0, 0.05) is 13.1 Å². The van der Waals surface area contributed by atoms with Gasteiger partial charge in [0.2, 0.25) is 15.9 Å². The molecule has 3 aromatic rings. The Balaban J connectivity index is 1.93. The van der Waals surface area contributed by atoms with Crippen LogP contribution in [0.3, 0.4) is 0 Å². The molecule has 32 heavy (non-hydrogen) atoms. The van der Waals surface area contributed by atoms with Gasteiger partial charge in [0.25, 0.3) is 0 Å². The number of sulfonamides is 1. The fourth-order valence-corrected chi connectivity index (χ4v) is 4.28. The first-order valence-corrected chi connectivity index (χ1v) is 12.1. The highest BCUT2D eigenvalue weighted by atomic mass is 32.2. The molecule has 0 atom stereocenters. The van der Waals surface area contributed by atoms with Gasteiger partial charge in [-0.1, -0.05) is 66.7 Å². The van der Waals surface area contributed by atoms with E-state index in [-0.39, 0.29) is 12.5 Å². The lowest BCUT2D eigenvalue weighted by Crippen LogP contribution is -2.42. The zero-order valence-electron chi connectivity index (χ0n) is 18.6. The van der Waals surface area contributed by atoms with Crippen LogP contribution in [0.2, 0.25) is 0 Å². The number of methoxy groups -OCH3 is 1. The average Bonchev–Trinajstić information content (AvgIpc) is 2.77. The van der Waals surface area contributed by atoms with Crippen LogP contribution in [0.1, 0.15) is 16.7 Å². The summed E-state index contributed by atoms with van der Waals surface area (Å²) in [5.41, 5.74) is 3.15. The standard InChI is InChI=1S/C25H28N2O4S/c1-20-14-15-24(31-2)23(16-20)27(32(3,29)30)19-25(28)26(17-21-10-6-4-7-11-21)18-22-12-8-5-9-13-22/h4-16H,17-19H2,1-3H3. The van der Waals surface area contributed by atoms with E-state index in [1.54, 1.807) is 17.0 Å². The maximum atomic E-state index is 13.4. The molecule has 0 fully saturated rings. The van der Waals surface area contributed by atoms with Gasteiger partial charge >= 0.3 is 0 Å². The fourth-order valence-electron chi connectivity index (χ4n) is 3.44. The van der Waals surface area contributed by atoms with Crippen molar-refractivity contribution in [3.8, 4) is 5.75 Å². The maximum Gasteiger partial charge on any atom is 0.243 e. The van der Waals surface area contributed by atoms with Crippen molar-refractivity contribution in [1.82, 2.24) is 4.90 Å². The Labute approximate surface area is 190 Å². The number of aryl methyl sites for hydroxylation is 1. The maximum absolute atomic E-state index is 13.4. The van der Waals surface area contributed by atoms with E-state index >= 15 is 0 Å². The molecule has 0 aromatic heterocycles. The quantitative estimate of drug-likeness (QED) is 0.492. The van der Waals surface area contributed by atoms with Gasteiger partial charge in [-0.2, -0.15) is 0 Å². The van der Waals surface area contributed by atoms with Gasteiger partial charge in [-0.25, -0.2) is 8.42 Å². The number of anilines is 1. The number of carbonyl (C=O) groups excluding carboxylic acids is 1. The van der Waals surface area contributed by atoms with Crippen molar-refractivity contribution in [2.75, 3.05) is 24.2 Å². The minimum absolute atomic E-state index is 0.299. The van der Waals surface area contributed by atoms with Crippen LogP contribution in [0.5, 0.6) is 5.75 Å². The number of ether oxygens (including phenoxy) is 1. The number of rotatable bonds is 9. The Kier molecular flexibility index (Phi) is 7.53. The topological polar surface area (TPSA) is 66.9 Å². The molecule has 0 unspecified atom stereocenters. The van der Waals surface area contributed by atoms with Crippen molar-refractivity contribution >= 4 is 21.6 Å². The van der Waals surface area contributed by atoms with Crippen molar-refractivity contribution in [2.45, 2.75) is 20.0 Å². The Bertz CT molecular complexity index is 1110. The molecule has 0 aliphatic rings. The van der Waals surface area contributed by atoms with E-state index in [1.807, 2.05) is 73.7 Å². The first-order chi connectivity index (χ1) is 15.3. The van der Waals surface area contributed by atoms with E-state index in [2.05, 4.69) is 0 Å². The van der Waals surface area contributed by atoms with E-state index in [0.717, 1.165) is 27.3 Å². The van der Waals surface area contributed by atoms with Gasteiger partial charge < -0.3 is 9.64 Å². The summed E-state index contributed by atoms with van der Waals surface area (Å²) in [7, 11) is -2.26. The Morgan fingerprint density at radius 1 is 0.875 bits per heavy atom. The van der Waals surface area contributed by atoms with Gasteiger partial charge in [-0.3, -0.25) is 9.10 Å². The number of amides is 1. The van der Waals surface area contributed by atoms with E-state index < -0.39 is 10.0 Å². The molecule has 0 heterocycles. The van der Waals surface area contributed by atoms with Crippen LogP contribution in [0.25, 0.3) is 0 Å². The van der Waals surface area contributed by atoms with Crippen molar-refractivity contribution in [3.63, 3.8) is 0 Å². The Hall–Kier alpha value is -3.32. The predicted molar refractivity (Wildman–Crippen MR) is 127 cm³/mol. The molecule has 0 spiro atoms. The number of carbonyl (C=O) groups is 1. The Morgan fingerprint density at radius 2 is 1.41 bits per heavy atom. The highest BCUT2D eigenvalue weighted by Gasteiger charge is 2.27. The van der Waals surface area contributed by atoms with Crippen molar-refractivity contribution < 1.29 is 17.9 Å². The molecule has 0 radical (unpaired) electrons. The molecule has 1 amide bonds. The number of hydrogen-bond donors (Lipinski definition) is 0. The van der Waals surface area contributed by atoms with Crippen LogP contribution in [0.15, 0.2) is 78.9 Å². The van der Waals surface area contributed by atoms with Gasteiger partial charge in [0.15, 0.2) is 0 Å². The van der Waals surface area contributed by atoms with Crippen molar-refractivity contribution in [1.29, 1.82) is 0 Å². The smallest absolute Gasteiger partial charge is 0.243 e. The van der Waals surface area contributed by atoms with E-state index in [4.69, 9.17) is 4.74 Å². The van der Waals surface area contributed by atoms with E-state index in [1.165, 1.54) is 7.11 Å². The molecule has 0 saturated heterocycles. The van der Waals surface area contributed by atoms with Gasteiger partial charge in [-0.05, 0) is 35.7 Å². The Morgan fingerprint density at radius 3 is 1.88 bits per heavy atom. The molecule has 0 N–H and O–H groups in total. The summed E-state index contributed by atoms with van der Waals surface area (Å²) in [4.78, 5) is 15.1. The number of benzene rings is 3. The highest BCUT2D eigenvalue weighted by molar-refractivity contribution is 7.92. The molecule has 7 heteroatoms. The molecule has 0 aliphatic carbocycles. The molecular weight excluding hydrogens is 424 g/mol. The third-order valence-electron chi connectivity index (χ3n) is 5.07. The predicted octanol–water partition coefficient (Wildman–Crippen LogP) is 4.00. The summed E-state index contributed by atoms with van der Waals surface area (Å²) in [5.74, 6) is 0.0955. The second kappa shape index (κ2) is 10.3. The van der Waals surface area contributed by atoms with E-state index in [9.17, 15) is 13.2 Å². The summed E-state index contributed by atoms with van der Waals surface area (Å²) >= 11 is 0. The summed E-state index contributed by atoms with van der Waals surface area (Å²) < 4.78 is 31.9. The van der Waals surface area contributed by atoms with Gasteiger partial charge in [-0.15, -0.1) is 0 Å². The summed E-state index contributed by atoms with van der Waals surface area (Å²) in [6.07, 6.45) is 1.10. The lowest BCUT2D eigenvalue weighted by molar-refractivity contribution is -0.130. The summed E-state index contributed by atoms with van der Waals surface area (Å²) in [5, 5.41) is 0. The van der Waals surface area contributed by atoms with Crippen LogP contribution >= 0.6 is 0 Å². The zero-order valence-corrected chi connectivity index (χ0v) is 19.4. The first kappa shape index (κ1) is 23.3. The van der Waals surface area contributed by atoms with Crippen LogP contribution in [-0.4, -0.2) is 39.1 Å². The third-order valence-corrected chi connectivity index (χ3v) is 6.19. The third kappa shape index (κ3) is 6.11. The van der Waals surface area contributed by atoms with Gasteiger partial charge in [0.1, 0.15) is 12.3 Å².